The van der Waals surface area contributed by atoms with Gasteiger partial charge >= 0.3 is 5.97 Å². The van der Waals surface area contributed by atoms with Crippen LogP contribution in [0.1, 0.15) is 23.1 Å². The first-order chi connectivity index (χ1) is 17.9. The van der Waals surface area contributed by atoms with Crippen LogP contribution in [0.25, 0.3) is 11.1 Å². The lowest BCUT2D eigenvalue weighted by molar-refractivity contribution is -0.113. The highest BCUT2D eigenvalue weighted by Gasteiger charge is 2.23. The van der Waals surface area contributed by atoms with Crippen LogP contribution < -0.4 is 10.1 Å². The van der Waals surface area contributed by atoms with Crippen molar-refractivity contribution in [1.82, 2.24) is 14.8 Å². The standard InChI is InChI=1S/C25H22Cl2N4O4S2/c1-3-31-20(12-35-19-7-5-4-6-18(19)27)29-30-25(31)37-14-21(32)28-23-22(24(33)34-2)17(13-36-23)15-8-10-16(26)11-9-15/h4-11,13H,3,12,14H2,1-2H3,(H,28,32). The van der Waals surface area contributed by atoms with E-state index in [0.29, 0.717) is 49.4 Å². The maximum Gasteiger partial charge on any atom is 0.341 e. The molecule has 0 unspecified atom stereocenters. The van der Waals surface area contributed by atoms with Gasteiger partial charge in [-0.1, -0.05) is 59.2 Å². The Morgan fingerprint density at radius 2 is 1.86 bits per heavy atom. The number of ether oxygens (including phenoxy) is 2. The molecule has 1 amide bonds. The Balaban J connectivity index is 1.43. The number of amides is 1. The van der Waals surface area contributed by atoms with Crippen molar-refractivity contribution in [1.29, 1.82) is 0 Å². The number of anilines is 1. The van der Waals surface area contributed by atoms with Crippen LogP contribution in [0.2, 0.25) is 10.0 Å². The third kappa shape index (κ3) is 6.45. The molecule has 37 heavy (non-hydrogen) atoms. The molecular weight excluding hydrogens is 555 g/mol. The number of methoxy groups -OCH3 is 1. The van der Waals surface area contributed by atoms with E-state index in [1.165, 1.54) is 30.2 Å². The predicted molar refractivity (Wildman–Crippen MR) is 147 cm³/mol. The highest BCUT2D eigenvalue weighted by molar-refractivity contribution is 7.99. The quantitative estimate of drug-likeness (QED) is 0.171. The fourth-order valence-corrected chi connectivity index (χ4v) is 5.55. The molecule has 0 saturated carbocycles. The zero-order valence-corrected chi connectivity index (χ0v) is 23.0. The second-order valence-electron chi connectivity index (χ2n) is 7.55. The number of nitrogens with zero attached hydrogens (tertiary/aromatic N) is 3. The van der Waals surface area contributed by atoms with Gasteiger partial charge in [0, 0.05) is 22.5 Å². The van der Waals surface area contributed by atoms with Gasteiger partial charge in [-0.25, -0.2) is 4.79 Å². The summed E-state index contributed by atoms with van der Waals surface area (Å²) < 4.78 is 12.6. The molecule has 1 N–H and O–H groups in total. The van der Waals surface area contributed by atoms with E-state index in [0.717, 1.165) is 5.56 Å². The van der Waals surface area contributed by atoms with E-state index in [-0.39, 0.29) is 18.3 Å². The molecule has 0 radical (unpaired) electrons. The topological polar surface area (TPSA) is 95.3 Å². The largest absolute Gasteiger partial charge is 0.484 e. The third-order valence-corrected chi connectivity index (χ3v) is 7.65. The van der Waals surface area contributed by atoms with Crippen molar-refractivity contribution in [2.24, 2.45) is 0 Å². The van der Waals surface area contributed by atoms with Crippen molar-refractivity contribution >= 4 is 63.2 Å². The molecule has 4 rings (SSSR count). The number of benzene rings is 2. The maximum atomic E-state index is 12.8. The molecule has 0 aliphatic rings. The van der Waals surface area contributed by atoms with Gasteiger partial charge in [-0.05, 0) is 36.8 Å². The van der Waals surface area contributed by atoms with Crippen molar-refractivity contribution in [2.45, 2.75) is 25.2 Å². The molecule has 0 atom stereocenters. The molecule has 0 spiro atoms. The van der Waals surface area contributed by atoms with Gasteiger partial charge in [0.15, 0.2) is 11.0 Å². The molecule has 2 heterocycles. The lowest BCUT2D eigenvalue weighted by Crippen LogP contribution is -2.16. The van der Waals surface area contributed by atoms with E-state index in [4.69, 9.17) is 32.7 Å². The van der Waals surface area contributed by atoms with E-state index in [9.17, 15) is 9.59 Å². The minimum Gasteiger partial charge on any atom is -0.484 e. The fourth-order valence-electron chi connectivity index (χ4n) is 3.44. The number of esters is 1. The SMILES string of the molecule is CCn1c(COc2ccccc2Cl)nnc1SCC(=O)Nc1scc(-c2ccc(Cl)cc2)c1C(=O)OC. The maximum absolute atomic E-state index is 12.8. The summed E-state index contributed by atoms with van der Waals surface area (Å²) in [5.41, 5.74) is 1.74. The van der Waals surface area contributed by atoms with E-state index in [2.05, 4.69) is 15.5 Å². The van der Waals surface area contributed by atoms with Gasteiger partial charge in [0.1, 0.15) is 22.9 Å². The number of hydrogen-bond donors (Lipinski definition) is 1. The molecule has 192 valence electrons. The number of thiophene rings is 1. The summed E-state index contributed by atoms with van der Waals surface area (Å²) in [6, 6.07) is 14.3. The monoisotopic (exact) mass is 576 g/mol. The average Bonchev–Trinajstić information content (AvgIpc) is 3.50. The van der Waals surface area contributed by atoms with E-state index in [1.807, 2.05) is 35.8 Å². The van der Waals surface area contributed by atoms with E-state index >= 15 is 0 Å². The number of para-hydroxylation sites is 1. The van der Waals surface area contributed by atoms with Crippen molar-refractivity contribution in [3.63, 3.8) is 0 Å². The Bertz CT molecular complexity index is 1410. The Morgan fingerprint density at radius 3 is 2.57 bits per heavy atom. The number of nitrogens with one attached hydrogen (secondary N) is 1. The van der Waals surface area contributed by atoms with E-state index in [1.54, 1.807) is 29.6 Å². The van der Waals surface area contributed by atoms with Crippen molar-refractivity contribution in [3.8, 4) is 16.9 Å². The minimum absolute atomic E-state index is 0.0678. The predicted octanol–water partition coefficient (Wildman–Crippen LogP) is 6.43. The zero-order chi connectivity index (χ0) is 26.4. The van der Waals surface area contributed by atoms with Crippen LogP contribution in [0.3, 0.4) is 0 Å². The van der Waals surface area contributed by atoms with Crippen LogP contribution in [0.5, 0.6) is 5.75 Å². The number of carbonyl (C=O) groups excluding carboxylic acids is 2. The number of thioether (sulfide) groups is 1. The van der Waals surface area contributed by atoms with Crippen LogP contribution in [0.15, 0.2) is 59.1 Å². The van der Waals surface area contributed by atoms with Crippen molar-refractivity contribution < 1.29 is 19.1 Å². The summed E-state index contributed by atoms with van der Waals surface area (Å²) in [6.07, 6.45) is 0. The Kier molecular flexibility index (Phi) is 9.09. The average molecular weight is 578 g/mol. The third-order valence-electron chi connectivity index (χ3n) is 5.22. The molecule has 12 heteroatoms. The van der Waals surface area contributed by atoms with Crippen LogP contribution >= 0.6 is 46.3 Å². The second kappa shape index (κ2) is 12.5. The Hall–Kier alpha value is -3.05. The Morgan fingerprint density at radius 1 is 1.11 bits per heavy atom. The summed E-state index contributed by atoms with van der Waals surface area (Å²) in [5.74, 6) is 0.406. The summed E-state index contributed by atoms with van der Waals surface area (Å²) in [6.45, 7) is 2.74. The Labute approximate surface area is 231 Å². The van der Waals surface area contributed by atoms with Gasteiger partial charge in [-0.2, -0.15) is 0 Å². The molecule has 2 aromatic carbocycles. The lowest BCUT2D eigenvalue weighted by Gasteiger charge is -2.10. The molecule has 8 nitrogen and oxygen atoms in total. The minimum atomic E-state index is -0.539. The van der Waals surface area contributed by atoms with E-state index < -0.39 is 5.97 Å². The molecule has 0 aliphatic carbocycles. The van der Waals surface area contributed by atoms with Crippen molar-refractivity contribution in [2.75, 3.05) is 18.2 Å². The van der Waals surface area contributed by atoms with Gasteiger partial charge in [0.05, 0.1) is 17.9 Å². The molecule has 2 aromatic heterocycles. The molecule has 0 fully saturated rings. The smallest absolute Gasteiger partial charge is 0.341 e. The summed E-state index contributed by atoms with van der Waals surface area (Å²) in [5, 5.41) is 15.1. The van der Waals surface area contributed by atoms with Crippen LogP contribution in [-0.2, 0) is 22.7 Å². The first kappa shape index (κ1) is 27.0. The van der Waals surface area contributed by atoms with Gasteiger partial charge in [-0.15, -0.1) is 21.5 Å². The zero-order valence-electron chi connectivity index (χ0n) is 19.9. The van der Waals surface area contributed by atoms with Crippen molar-refractivity contribution in [3.05, 3.63) is 75.3 Å². The normalized spacial score (nSPS) is 10.8. The molecule has 0 saturated heterocycles. The summed E-state index contributed by atoms with van der Waals surface area (Å²) in [4.78, 5) is 25.4. The number of rotatable bonds is 10. The highest BCUT2D eigenvalue weighted by Crippen LogP contribution is 2.37. The van der Waals surface area contributed by atoms with Crippen LogP contribution in [-0.4, -0.2) is 39.5 Å². The fraction of sp³-hybridized carbons (Fsp3) is 0.200. The number of hydrogen-bond acceptors (Lipinski definition) is 8. The summed E-state index contributed by atoms with van der Waals surface area (Å²) >= 11 is 14.6. The summed E-state index contributed by atoms with van der Waals surface area (Å²) in [7, 11) is 1.30. The molecule has 0 aliphatic heterocycles. The first-order valence-electron chi connectivity index (χ1n) is 11.1. The number of carbonyl (C=O) groups is 2. The highest BCUT2D eigenvalue weighted by atomic mass is 35.5. The number of aromatic nitrogens is 3. The first-order valence-corrected chi connectivity index (χ1v) is 13.7. The molecule has 4 aromatic rings. The van der Waals surface area contributed by atoms with Gasteiger partial charge in [-0.3, -0.25) is 4.79 Å². The second-order valence-corrected chi connectivity index (χ2v) is 10.2. The van der Waals surface area contributed by atoms with Crippen LogP contribution in [0, 0.1) is 0 Å². The lowest BCUT2D eigenvalue weighted by atomic mass is 10.0. The van der Waals surface area contributed by atoms with Crippen LogP contribution in [0.4, 0.5) is 5.00 Å². The molecule has 0 bridgehead atoms. The van der Waals surface area contributed by atoms with Gasteiger partial charge in [0.2, 0.25) is 5.91 Å². The van der Waals surface area contributed by atoms with Gasteiger partial charge in [0.25, 0.3) is 0 Å². The number of halogens is 2. The molecular formula is C25H22Cl2N4O4S2. The van der Waals surface area contributed by atoms with Gasteiger partial charge < -0.3 is 19.4 Å².